The van der Waals surface area contributed by atoms with Gasteiger partial charge in [-0.1, -0.05) is 12.1 Å². The third kappa shape index (κ3) is 4.94. The summed E-state index contributed by atoms with van der Waals surface area (Å²) in [6.45, 7) is 1.22. The SMILES string of the molecule is CC(=O)Oc1ccccc1C(=O)O.O.[NaH]. The van der Waals surface area contributed by atoms with Crippen LogP contribution in [-0.2, 0) is 4.79 Å². The van der Waals surface area contributed by atoms with Crippen molar-refractivity contribution in [2.75, 3.05) is 0 Å². The molecule has 0 amide bonds. The molecule has 3 N–H and O–H groups in total. The van der Waals surface area contributed by atoms with E-state index in [9.17, 15) is 9.59 Å². The summed E-state index contributed by atoms with van der Waals surface area (Å²) in [5.74, 6) is -1.58. The molecule has 0 spiro atoms. The number of carboxylic acid groups (broad SMARTS) is 1. The number of benzene rings is 1. The number of esters is 1. The van der Waals surface area contributed by atoms with E-state index in [4.69, 9.17) is 5.11 Å². The Balaban J connectivity index is 0. The molecule has 0 radical (unpaired) electrons. The van der Waals surface area contributed by atoms with Crippen molar-refractivity contribution >= 4 is 41.5 Å². The Morgan fingerprint density at radius 2 is 1.80 bits per heavy atom. The fraction of sp³-hybridized carbons (Fsp3) is 0.111. The first-order valence-electron chi connectivity index (χ1n) is 3.62. The van der Waals surface area contributed by atoms with Crippen molar-refractivity contribution in [2.45, 2.75) is 6.92 Å². The summed E-state index contributed by atoms with van der Waals surface area (Å²) in [5, 5.41) is 8.69. The van der Waals surface area contributed by atoms with Crippen LogP contribution in [0.25, 0.3) is 0 Å². The average molecular weight is 222 g/mol. The molecule has 0 bridgehead atoms. The number of rotatable bonds is 2. The van der Waals surface area contributed by atoms with E-state index in [0.29, 0.717) is 0 Å². The summed E-state index contributed by atoms with van der Waals surface area (Å²) in [6.07, 6.45) is 0. The Morgan fingerprint density at radius 3 is 2.27 bits per heavy atom. The summed E-state index contributed by atoms with van der Waals surface area (Å²) in [5.41, 5.74) is -0.0160. The first-order chi connectivity index (χ1) is 6.11. The standard InChI is InChI=1S/C9H8O4.Na.H2O.H/c1-6(10)13-8-5-3-2-4-7(8)9(11)12;;;/h2-5H,1H3,(H,11,12);;1H2;. The number of para-hydroxylation sites is 1. The normalized spacial score (nSPS) is 8.07. The summed E-state index contributed by atoms with van der Waals surface area (Å²) < 4.78 is 4.69. The van der Waals surface area contributed by atoms with Crippen LogP contribution in [0.3, 0.4) is 0 Å². The maximum absolute atomic E-state index is 10.6. The summed E-state index contributed by atoms with van der Waals surface area (Å²) in [6, 6.07) is 5.98. The molecule has 0 aliphatic heterocycles. The molecule has 0 heterocycles. The zero-order valence-electron chi connectivity index (χ0n) is 7.48. The van der Waals surface area contributed by atoms with E-state index in [0.717, 1.165) is 0 Å². The second kappa shape index (κ2) is 7.42. The van der Waals surface area contributed by atoms with Gasteiger partial charge in [0.25, 0.3) is 0 Å². The topological polar surface area (TPSA) is 95.1 Å². The minimum absolute atomic E-state index is 0. The monoisotopic (exact) mass is 222 g/mol. The van der Waals surface area contributed by atoms with Gasteiger partial charge in [0.15, 0.2) is 0 Å². The van der Waals surface area contributed by atoms with Gasteiger partial charge >= 0.3 is 41.5 Å². The molecule has 0 saturated heterocycles. The quantitative estimate of drug-likeness (QED) is 0.427. The van der Waals surface area contributed by atoms with Gasteiger partial charge in [-0.2, -0.15) is 0 Å². The number of carboxylic acids is 1. The van der Waals surface area contributed by atoms with Gasteiger partial charge in [-0.25, -0.2) is 4.79 Å². The van der Waals surface area contributed by atoms with Gasteiger partial charge in [0.05, 0.1) is 0 Å². The van der Waals surface area contributed by atoms with Gasteiger partial charge in [-0.05, 0) is 12.1 Å². The summed E-state index contributed by atoms with van der Waals surface area (Å²) in [4.78, 5) is 21.2. The molecular formula is C9H11NaO5. The van der Waals surface area contributed by atoms with Crippen LogP contribution in [-0.4, -0.2) is 52.1 Å². The Morgan fingerprint density at radius 1 is 1.27 bits per heavy atom. The van der Waals surface area contributed by atoms with E-state index < -0.39 is 11.9 Å². The number of carbonyl (C=O) groups excluding carboxylic acids is 1. The fourth-order valence-electron chi connectivity index (χ4n) is 0.887. The van der Waals surface area contributed by atoms with E-state index >= 15 is 0 Å². The van der Waals surface area contributed by atoms with Crippen LogP contribution >= 0.6 is 0 Å². The zero-order valence-corrected chi connectivity index (χ0v) is 7.48. The van der Waals surface area contributed by atoms with Gasteiger partial charge < -0.3 is 15.3 Å². The van der Waals surface area contributed by atoms with Gasteiger partial charge in [0, 0.05) is 6.92 Å². The van der Waals surface area contributed by atoms with Crippen LogP contribution in [0, 0.1) is 0 Å². The van der Waals surface area contributed by atoms with Gasteiger partial charge in [0.2, 0.25) is 0 Å². The minimum atomic E-state index is -1.11. The molecule has 0 aliphatic carbocycles. The van der Waals surface area contributed by atoms with Crippen molar-refractivity contribution in [3.05, 3.63) is 29.8 Å². The van der Waals surface area contributed by atoms with Crippen molar-refractivity contribution in [1.82, 2.24) is 0 Å². The molecular weight excluding hydrogens is 211 g/mol. The van der Waals surface area contributed by atoms with Gasteiger partial charge in [0.1, 0.15) is 11.3 Å². The molecule has 6 heteroatoms. The number of hydrogen-bond acceptors (Lipinski definition) is 3. The Labute approximate surface area is 109 Å². The molecule has 0 saturated carbocycles. The molecule has 0 fully saturated rings. The molecule has 0 aromatic heterocycles. The Kier molecular flexibility index (Phi) is 8.18. The van der Waals surface area contributed by atoms with Crippen LogP contribution in [0.4, 0.5) is 0 Å². The van der Waals surface area contributed by atoms with Crippen LogP contribution in [0.1, 0.15) is 17.3 Å². The molecule has 0 atom stereocenters. The molecule has 5 nitrogen and oxygen atoms in total. The van der Waals surface area contributed by atoms with Crippen molar-refractivity contribution in [3.8, 4) is 5.75 Å². The maximum atomic E-state index is 10.6. The number of aromatic carboxylic acids is 1. The van der Waals surface area contributed by atoms with Crippen LogP contribution < -0.4 is 4.74 Å². The molecule has 1 aromatic rings. The second-order valence-corrected chi connectivity index (χ2v) is 2.39. The zero-order chi connectivity index (χ0) is 9.84. The first-order valence-corrected chi connectivity index (χ1v) is 3.62. The van der Waals surface area contributed by atoms with Crippen molar-refractivity contribution in [2.24, 2.45) is 0 Å². The van der Waals surface area contributed by atoms with E-state index in [2.05, 4.69) is 4.74 Å². The number of carbonyl (C=O) groups is 2. The van der Waals surface area contributed by atoms with Gasteiger partial charge in [-0.3, -0.25) is 4.79 Å². The third-order valence-electron chi connectivity index (χ3n) is 1.37. The second-order valence-electron chi connectivity index (χ2n) is 2.39. The van der Waals surface area contributed by atoms with E-state index in [1.54, 1.807) is 12.1 Å². The predicted molar refractivity (Wildman–Crippen MR) is 55.5 cm³/mol. The first kappa shape index (κ1) is 16.5. The van der Waals surface area contributed by atoms with Gasteiger partial charge in [-0.15, -0.1) is 0 Å². The number of hydrogen-bond donors (Lipinski definition) is 1. The van der Waals surface area contributed by atoms with E-state index in [1.165, 1.54) is 19.1 Å². The van der Waals surface area contributed by atoms with Crippen LogP contribution in [0.5, 0.6) is 5.75 Å². The molecule has 15 heavy (non-hydrogen) atoms. The van der Waals surface area contributed by atoms with Crippen molar-refractivity contribution in [3.63, 3.8) is 0 Å². The number of ether oxygens (including phenoxy) is 1. The van der Waals surface area contributed by atoms with Crippen LogP contribution in [0.15, 0.2) is 24.3 Å². The Hall–Kier alpha value is -0.880. The van der Waals surface area contributed by atoms with E-state index in [1.807, 2.05) is 0 Å². The molecule has 0 unspecified atom stereocenters. The summed E-state index contributed by atoms with van der Waals surface area (Å²) >= 11 is 0. The van der Waals surface area contributed by atoms with Crippen molar-refractivity contribution in [1.29, 1.82) is 0 Å². The fourth-order valence-corrected chi connectivity index (χ4v) is 0.887. The molecule has 78 valence electrons. The van der Waals surface area contributed by atoms with E-state index in [-0.39, 0.29) is 46.3 Å². The molecule has 1 aromatic carbocycles. The third-order valence-corrected chi connectivity index (χ3v) is 1.37. The van der Waals surface area contributed by atoms with Crippen LogP contribution in [0.2, 0.25) is 0 Å². The predicted octanol–water partition coefficient (Wildman–Crippen LogP) is -0.163. The van der Waals surface area contributed by atoms with Crippen molar-refractivity contribution < 1.29 is 24.9 Å². The molecule has 0 aliphatic rings. The average Bonchev–Trinajstić information content (AvgIpc) is 2.03. The Bertz CT molecular complexity index is 350. The molecule has 1 rings (SSSR count). The summed E-state index contributed by atoms with van der Waals surface area (Å²) in [7, 11) is 0.